The summed E-state index contributed by atoms with van der Waals surface area (Å²) in [5.41, 5.74) is 2.09. The fraction of sp³-hybridized carbons (Fsp3) is 0.211. The smallest absolute Gasteiger partial charge is 0.248 e. The van der Waals surface area contributed by atoms with Crippen LogP contribution < -0.4 is 15.0 Å². The highest BCUT2D eigenvalue weighted by atomic mass is 79.9. The molecule has 0 spiro atoms. The normalized spacial score (nSPS) is 12.1. The lowest BCUT2D eigenvalue weighted by atomic mass is 10.0. The number of aliphatic hydroxyl groups is 1. The van der Waals surface area contributed by atoms with Crippen LogP contribution in [0.3, 0.4) is 0 Å². The molecule has 2 N–H and O–H groups in total. The van der Waals surface area contributed by atoms with Gasteiger partial charge in [0.1, 0.15) is 18.1 Å². The Morgan fingerprint density at radius 2 is 1.88 bits per heavy atom. The summed E-state index contributed by atoms with van der Waals surface area (Å²) in [4.78, 5) is 14.5. The van der Waals surface area contributed by atoms with Gasteiger partial charge in [-0.15, -0.1) is 0 Å². The van der Waals surface area contributed by atoms with E-state index in [1.54, 1.807) is 19.2 Å². The highest BCUT2D eigenvalue weighted by Gasteiger charge is 2.14. The molecule has 0 fully saturated rings. The third-order valence-electron chi connectivity index (χ3n) is 3.95. The second kappa shape index (κ2) is 7.72. The number of halogens is 1. The molecule has 2 aromatic carbocycles. The summed E-state index contributed by atoms with van der Waals surface area (Å²) in [6.45, 7) is 0.358. The van der Waals surface area contributed by atoms with Crippen molar-refractivity contribution in [2.75, 3.05) is 12.4 Å². The Bertz CT molecular complexity index is 921. The molecule has 0 amide bonds. The van der Waals surface area contributed by atoms with E-state index < -0.39 is 6.10 Å². The molecule has 1 heterocycles. The van der Waals surface area contributed by atoms with E-state index in [2.05, 4.69) is 20.9 Å². The number of H-pyrrole nitrogens is 1. The van der Waals surface area contributed by atoms with E-state index in [-0.39, 0.29) is 5.56 Å². The van der Waals surface area contributed by atoms with Gasteiger partial charge < -0.3 is 19.6 Å². The third kappa shape index (κ3) is 3.86. The van der Waals surface area contributed by atoms with Crippen molar-refractivity contribution in [1.29, 1.82) is 0 Å². The van der Waals surface area contributed by atoms with Gasteiger partial charge in [-0.25, -0.2) is 0 Å². The number of hydrogen-bond acceptors (Lipinski definition) is 4. The molecule has 1 aromatic heterocycles. The van der Waals surface area contributed by atoms with Crippen molar-refractivity contribution < 1.29 is 14.6 Å². The first-order valence-corrected chi connectivity index (χ1v) is 8.90. The molecule has 0 saturated heterocycles. The zero-order chi connectivity index (χ0) is 17.8. The molecule has 0 aliphatic carbocycles. The van der Waals surface area contributed by atoms with Crippen LogP contribution in [0.5, 0.6) is 11.5 Å². The topological polar surface area (TPSA) is 71.5 Å². The van der Waals surface area contributed by atoms with Crippen molar-refractivity contribution in [2.45, 2.75) is 12.7 Å². The van der Waals surface area contributed by atoms with Crippen molar-refractivity contribution in [1.82, 2.24) is 4.98 Å². The van der Waals surface area contributed by atoms with Crippen LogP contribution in [0.15, 0.2) is 53.3 Å². The maximum Gasteiger partial charge on any atom is 0.248 e. The molecule has 3 aromatic rings. The van der Waals surface area contributed by atoms with Crippen LogP contribution in [-0.4, -0.2) is 22.5 Å². The Balaban J connectivity index is 1.93. The van der Waals surface area contributed by atoms with Gasteiger partial charge >= 0.3 is 0 Å². The van der Waals surface area contributed by atoms with Crippen molar-refractivity contribution >= 4 is 26.8 Å². The Hall–Kier alpha value is -2.31. The van der Waals surface area contributed by atoms with Gasteiger partial charge in [0.15, 0.2) is 0 Å². The lowest BCUT2D eigenvalue weighted by molar-refractivity contribution is 0.207. The fourth-order valence-corrected chi connectivity index (χ4v) is 2.97. The van der Waals surface area contributed by atoms with Gasteiger partial charge in [0.05, 0.1) is 18.7 Å². The van der Waals surface area contributed by atoms with E-state index in [0.717, 1.165) is 22.3 Å². The monoisotopic (exact) mass is 403 g/mol. The predicted octanol–water partition coefficient (Wildman–Crippen LogP) is 3.54. The number of rotatable bonds is 6. The van der Waals surface area contributed by atoms with Gasteiger partial charge in [0, 0.05) is 16.8 Å². The number of aromatic nitrogens is 1. The third-order valence-corrected chi connectivity index (χ3v) is 4.56. The maximum atomic E-state index is 11.7. The molecule has 0 bridgehead atoms. The van der Waals surface area contributed by atoms with Crippen LogP contribution >= 0.6 is 15.9 Å². The first-order valence-electron chi connectivity index (χ1n) is 7.78. The fourth-order valence-electron chi connectivity index (χ4n) is 2.62. The van der Waals surface area contributed by atoms with E-state index in [1.807, 2.05) is 30.3 Å². The van der Waals surface area contributed by atoms with Crippen LogP contribution in [0.2, 0.25) is 0 Å². The first kappa shape index (κ1) is 17.5. The molecular formula is C19H18BrNO4. The van der Waals surface area contributed by atoms with Gasteiger partial charge in [-0.3, -0.25) is 4.79 Å². The highest BCUT2D eigenvalue weighted by Crippen LogP contribution is 2.30. The second-order valence-electron chi connectivity index (χ2n) is 5.57. The summed E-state index contributed by atoms with van der Waals surface area (Å²) < 4.78 is 11.0. The summed E-state index contributed by atoms with van der Waals surface area (Å²) in [5.74, 6) is 1.35. The van der Waals surface area contributed by atoms with Gasteiger partial charge in [0.25, 0.3) is 0 Å². The van der Waals surface area contributed by atoms with Crippen molar-refractivity contribution in [3.8, 4) is 11.5 Å². The van der Waals surface area contributed by atoms with Gasteiger partial charge in [-0.05, 0) is 35.4 Å². The van der Waals surface area contributed by atoms with E-state index in [1.165, 1.54) is 6.07 Å². The SMILES string of the molecule is COc1ccc(COc2ccc([C@@H](O)CBr)c3ccc(=O)[nH]c23)cc1. The lowest BCUT2D eigenvalue weighted by Gasteiger charge is -2.15. The first-order chi connectivity index (χ1) is 12.1. The van der Waals surface area contributed by atoms with Crippen LogP contribution in [-0.2, 0) is 6.61 Å². The summed E-state index contributed by atoms with van der Waals surface area (Å²) in [5, 5.41) is 11.3. The molecule has 130 valence electrons. The number of nitrogens with one attached hydrogen (secondary N) is 1. The Labute approximate surface area is 153 Å². The number of aromatic amines is 1. The number of aliphatic hydroxyl groups excluding tert-OH is 1. The van der Waals surface area contributed by atoms with Crippen LogP contribution in [0, 0.1) is 0 Å². The van der Waals surface area contributed by atoms with Crippen molar-refractivity contribution in [2.24, 2.45) is 0 Å². The molecule has 0 aliphatic rings. The largest absolute Gasteiger partial charge is 0.497 e. The molecular weight excluding hydrogens is 386 g/mol. The molecule has 3 rings (SSSR count). The van der Waals surface area contributed by atoms with Crippen LogP contribution in [0.25, 0.3) is 10.9 Å². The van der Waals surface area contributed by atoms with Gasteiger partial charge in [0.2, 0.25) is 5.56 Å². The van der Waals surface area contributed by atoms with E-state index in [4.69, 9.17) is 9.47 Å². The quantitative estimate of drug-likeness (QED) is 0.617. The summed E-state index contributed by atoms with van der Waals surface area (Å²) >= 11 is 3.28. The number of methoxy groups -OCH3 is 1. The molecule has 0 saturated carbocycles. The number of fused-ring (bicyclic) bond motifs is 1. The number of ether oxygens (including phenoxy) is 2. The molecule has 0 aliphatic heterocycles. The zero-order valence-electron chi connectivity index (χ0n) is 13.7. The van der Waals surface area contributed by atoms with E-state index in [0.29, 0.717) is 23.2 Å². The highest BCUT2D eigenvalue weighted by molar-refractivity contribution is 9.09. The van der Waals surface area contributed by atoms with Crippen molar-refractivity contribution in [3.05, 3.63) is 70.0 Å². The summed E-state index contributed by atoms with van der Waals surface area (Å²) in [6, 6.07) is 14.3. The van der Waals surface area contributed by atoms with Crippen LogP contribution in [0.1, 0.15) is 17.2 Å². The average Bonchev–Trinajstić information content (AvgIpc) is 2.65. The number of hydrogen-bond donors (Lipinski definition) is 2. The Kier molecular flexibility index (Phi) is 5.40. The second-order valence-corrected chi connectivity index (χ2v) is 6.22. The zero-order valence-corrected chi connectivity index (χ0v) is 15.2. The Morgan fingerprint density at radius 1 is 1.12 bits per heavy atom. The van der Waals surface area contributed by atoms with Gasteiger partial charge in [-0.2, -0.15) is 0 Å². The minimum Gasteiger partial charge on any atom is -0.497 e. The van der Waals surface area contributed by atoms with Crippen LogP contribution in [0.4, 0.5) is 0 Å². The Morgan fingerprint density at radius 3 is 2.56 bits per heavy atom. The minimum atomic E-state index is -0.663. The number of benzene rings is 2. The van der Waals surface area contributed by atoms with E-state index >= 15 is 0 Å². The summed E-state index contributed by atoms with van der Waals surface area (Å²) in [6.07, 6.45) is -0.663. The summed E-state index contributed by atoms with van der Waals surface area (Å²) in [7, 11) is 1.62. The molecule has 25 heavy (non-hydrogen) atoms. The predicted molar refractivity (Wildman–Crippen MR) is 101 cm³/mol. The van der Waals surface area contributed by atoms with E-state index in [9.17, 15) is 9.90 Å². The minimum absolute atomic E-state index is 0.215. The number of pyridine rings is 1. The molecule has 0 unspecified atom stereocenters. The standard InChI is InChI=1S/C19H18BrNO4/c1-24-13-4-2-12(3-5-13)11-25-17-8-6-14(16(22)10-20)15-7-9-18(23)21-19(15)17/h2-9,16,22H,10-11H2,1H3,(H,21,23)/t16-/m0/s1. The average molecular weight is 404 g/mol. The lowest BCUT2D eigenvalue weighted by Crippen LogP contribution is -2.07. The van der Waals surface area contributed by atoms with Crippen molar-refractivity contribution in [3.63, 3.8) is 0 Å². The maximum absolute atomic E-state index is 11.7. The molecule has 1 atom stereocenters. The molecule has 6 heteroatoms. The van der Waals surface area contributed by atoms with Gasteiger partial charge in [-0.1, -0.05) is 34.1 Å². The molecule has 0 radical (unpaired) electrons. The number of alkyl halides is 1. The molecule has 5 nitrogen and oxygen atoms in total.